The number of carbonyl (C=O) groups excluding carboxylic acids is 1. The van der Waals surface area contributed by atoms with Crippen LogP contribution in [0.25, 0.3) is 6.08 Å². The molecule has 0 bridgehead atoms. The number of anilines is 2. The molecule has 2 aromatic heterocycles. The van der Waals surface area contributed by atoms with E-state index in [9.17, 15) is 13.2 Å². The van der Waals surface area contributed by atoms with Crippen molar-refractivity contribution in [1.29, 1.82) is 0 Å². The molecule has 1 amide bonds. The molecule has 0 aromatic carbocycles. The normalized spacial score (nSPS) is 18.1. The smallest absolute Gasteiger partial charge is 0.281 e. The van der Waals surface area contributed by atoms with E-state index < -0.39 is 15.9 Å². The van der Waals surface area contributed by atoms with Gasteiger partial charge in [0.2, 0.25) is 0 Å². The number of hydrogen-bond acceptors (Lipinski definition) is 7. The fraction of sp³-hybridized carbons (Fsp3) is 0.519. The van der Waals surface area contributed by atoms with Crippen molar-refractivity contribution in [3.05, 3.63) is 47.2 Å². The molecule has 8 nitrogen and oxygen atoms in total. The molecule has 1 aliphatic rings. The molecule has 0 unspecified atom stereocenters. The molecule has 1 atom stereocenters. The highest BCUT2D eigenvalue weighted by atomic mass is 32.2. The number of unbranched alkanes of at least 4 members (excludes halogenated alkanes) is 1. The molecule has 1 saturated heterocycles. The van der Waals surface area contributed by atoms with E-state index >= 15 is 0 Å². The van der Waals surface area contributed by atoms with Gasteiger partial charge in [0.1, 0.15) is 11.6 Å². The highest BCUT2D eigenvalue weighted by molar-refractivity contribution is 7.90. The number of hydrogen-bond donors (Lipinski definition) is 2. The van der Waals surface area contributed by atoms with Crippen LogP contribution >= 0.6 is 0 Å². The lowest BCUT2D eigenvalue weighted by Crippen LogP contribution is -2.41. The Labute approximate surface area is 215 Å². The first-order valence-corrected chi connectivity index (χ1v) is 13.9. The molecule has 3 rings (SSSR count). The van der Waals surface area contributed by atoms with Crippen LogP contribution in [0.2, 0.25) is 0 Å². The number of aromatic nitrogens is 2. The summed E-state index contributed by atoms with van der Waals surface area (Å²) in [6, 6.07) is 6.04. The number of nitrogens with one attached hydrogen (secondary N) is 1. The molecule has 196 valence electrons. The number of sulfonamides is 1. The van der Waals surface area contributed by atoms with E-state index in [-0.39, 0.29) is 27.4 Å². The summed E-state index contributed by atoms with van der Waals surface area (Å²) in [6.07, 6.45) is 6.85. The van der Waals surface area contributed by atoms with Crippen molar-refractivity contribution >= 4 is 33.6 Å². The average molecular weight is 514 g/mol. The Balaban J connectivity index is 2.18. The summed E-state index contributed by atoms with van der Waals surface area (Å²) in [4.78, 5) is 24.7. The molecule has 1 fully saturated rings. The number of rotatable bonds is 7. The third kappa shape index (κ3) is 6.06. The number of nitrogens with zero attached hydrogens (tertiary/aromatic N) is 3. The lowest BCUT2D eigenvalue weighted by Gasteiger charge is -2.35. The zero-order valence-electron chi connectivity index (χ0n) is 22.4. The second-order valence-corrected chi connectivity index (χ2v) is 12.9. The molecular weight excluding hydrogens is 474 g/mol. The van der Waals surface area contributed by atoms with Crippen LogP contribution in [0, 0.1) is 5.92 Å². The van der Waals surface area contributed by atoms with Crippen molar-refractivity contribution in [2.24, 2.45) is 5.92 Å². The van der Waals surface area contributed by atoms with Crippen LogP contribution in [0.4, 0.5) is 11.6 Å². The molecule has 1 aliphatic heterocycles. The predicted octanol–water partition coefficient (Wildman–Crippen LogP) is 4.91. The standard InChI is InChI=1S/C27H39N5O3S/c1-8-9-10-12-19-15-20(25(33)31-36(34,35)22-14-11-13-21(28)29-22)24(30-23(19)26(3,4)5)32-17-18(2)16-27(32,6)7/h10-15,18H,8-9,16-17H2,1-7H3,(H2,28,29)(H,31,33)/b12-10+/t18-/m0/s1. The fourth-order valence-corrected chi connectivity index (χ4v) is 5.71. The Morgan fingerprint density at radius 1 is 1.28 bits per heavy atom. The number of allylic oxidation sites excluding steroid dienone is 1. The van der Waals surface area contributed by atoms with Gasteiger partial charge in [-0.3, -0.25) is 4.79 Å². The average Bonchev–Trinajstić information content (AvgIpc) is 3.04. The van der Waals surface area contributed by atoms with Gasteiger partial charge in [-0.15, -0.1) is 0 Å². The van der Waals surface area contributed by atoms with Crippen LogP contribution in [0.3, 0.4) is 0 Å². The van der Waals surface area contributed by atoms with Crippen LogP contribution < -0.4 is 15.4 Å². The summed E-state index contributed by atoms with van der Waals surface area (Å²) in [5.41, 5.74) is 7.01. The monoisotopic (exact) mass is 513 g/mol. The van der Waals surface area contributed by atoms with Crippen LogP contribution in [0.15, 0.2) is 35.4 Å². The van der Waals surface area contributed by atoms with Crippen molar-refractivity contribution in [2.75, 3.05) is 17.2 Å². The molecular formula is C27H39N5O3S. The fourth-order valence-electron chi connectivity index (χ4n) is 4.77. The van der Waals surface area contributed by atoms with E-state index in [0.29, 0.717) is 11.7 Å². The van der Waals surface area contributed by atoms with Crippen LogP contribution in [0.1, 0.15) is 89.3 Å². The first kappa shape index (κ1) is 27.6. The molecule has 36 heavy (non-hydrogen) atoms. The maximum atomic E-state index is 13.6. The number of nitrogen functional groups attached to an aromatic ring is 1. The minimum absolute atomic E-state index is 0.0540. The van der Waals surface area contributed by atoms with Gasteiger partial charge in [-0.05, 0) is 56.4 Å². The Hall–Kier alpha value is -2.94. The molecule has 0 aliphatic carbocycles. The molecule has 3 heterocycles. The van der Waals surface area contributed by atoms with E-state index in [1.54, 1.807) is 6.07 Å². The minimum Gasteiger partial charge on any atom is -0.384 e. The zero-order valence-corrected chi connectivity index (χ0v) is 23.2. The number of pyridine rings is 2. The molecule has 0 radical (unpaired) electrons. The van der Waals surface area contributed by atoms with Crippen molar-refractivity contribution in [2.45, 2.75) is 83.7 Å². The van der Waals surface area contributed by atoms with Gasteiger partial charge in [-0.25, -0.2) is 14.7 Å². The number of nitrogens with two attached hydrogens (primary N) is 1. The van der Waals surface area contributed by atoms with Crippen LogP contribution in [-0.2, 0) is 15.4 Å². The van der Waals surface area contributed by atoms with Gasteiger partial charge in [0, 0.05) is 17.5 Å². The summed E-state index contributed by atoms with van der Waals surface area (Å²) >= 11 is 0. The minimum atomic E-state index is -4.24. The second-order valence-electron chi connectivity index (χ2n) is 11.3. The van der Waals surface area contributed by atoms with Gasteiger partial charge < -0.3 is 10.6 Å². The lowest BCUT2D eigenvalue weighted by molar-refractivity contribution is 0.0981. The van der Waals surface area contributed by atoms with E-state index in [2.05, 4.69) is 69.1 Å². The maximum absolute atomic E-state index is 13.6. The zero-order chi connectivity index (χ0) is 26.9. The summed E-state index contributed by atoms with van der Waals surface area (Å²) in [6.45, 7) is 15.5. The molecule has 0 saturated carbocycles. The van der Waals surface area contributed by atoms with E-state index in [1.165, 1.54) is 18.2 Å². The maximum Gasteiger partial charge on any atom is 0.281 e. The Kier molecular flexibility index (Phi) is 7.83. The van der Waals surface area contributed by atoms with Crippen molar-refractivity contribution < 1.29 is 13.2 Å². The second kappa shape index (κ2) is 10.2. The van der Waals surface area contributed by atoms with Crippen LogP contribution in [-0.4, -0.2) is 36.4 Å². The summed E-state index contributed by atoms with van der Waals surface area (Å²) in [5.74, 6) is 0.205. The third-order valence-electron chi connectivity index (χ3n) is 6.32. The van der Waals surface area contributed by atoms with E-state index in [1.807, 2.05) is 6.08 Å². The SMILES string of the molecule is CCC/C=C/c1cc(C(=O)NS(=O)(=O)c2cccc(N)n2)c(N2C[C@@H](C)CC2(C)C)nc1C(C)(C)C. The van der Waals surface area contributed by atoms with Crippen molar-refractivity contribution in [1.82, 2.24) is 14.7 Å². The lowest BCUT2D eigenvalue weighted by atomic mass is 9.87. The summed E-state index contributed by atoms with van der Waals surface area (Å²) in [5, 5.41) is -0.310. The first-order valence-electron chi connectivity index (χ1n) is 12.4. The van der Waals surface area contributed by atoms with Gasteiger partial charge in [-0.1, -0.05) is 59.3 Å². The van der Waals surface area contributed by atoms with Gasteiger partial charge in [0.05, 0.1) is 11.3 Å². The Bertz CT molecular complexity index is 1260. The van der Waals surface area contributed by atoms with Crippen molar-refractivity contribution in [3.8, 4) is 0 Å². The van der Waals surface area contributed by atoms with Gasteiger partial charge in [0.15, 0.2) is 5.03 Å². The largest absolute Gasteiger partial charge is 0.384 e. The summed E-state index contributed by atoms with van der Waals surface area (Å²) in [7, 11) is -4.24. The molecule has 2 aromatic rings. The highest BCUT2D eigenvalue weighted by Crippen LogP contribution is 2.39. The number of amides is 1. The Morgan fingerprint density at radius 2 is 1.97 bits per heavy atom. The molecule has 0 spiro atoms. The first-order chi connectivity index (χ1) is 16.7. The predicted molar refractivity (Wildman–Crippen MR) is 145 cm³/mol. The molecule has 3 N–H and O–H groups in total. The van der Waals surface area contributed by atoms with Gasteiger partial charge >= 0.3 is 0 Å². The summed E-state index contributed by atoms with van der Waals surface area (Å²) < 4.78 is 28.2. The molecule has 9 heteroatoms. The number of carbonyl (C=O) groups is 1. The Morgan fingerprint density at radius 3 is 2.53 bits per heavy atom. The van der Waals surface area contributed by atoms with E-state index in [0.717, 1.165) is 37.1 Å². The van der Waals surface area contributed by atoms with E-state index in [4.69, 9.17) is 10.7 Å². The highest BCUT2D eigenvalue weighted by Gasteiger charge is 2.40. The quantitative estimate of drug-likeness (QED) is 0.540. The van der Waals surface area contributed by atoms with Crippen molar-refractivity contribution in [3.63, 3.8) is 0 Å². The van der Waals surface area contributed by atoms with Crippen LogP contribution in [0.5, 0.6) is 0 Å². The van der Waals surface area contributed by atoms with Gasteiger partial charge in [0.25, 0.3) is 15.9 Å². The topological polar surface area (TPSA) is 118 Å². The van der Waals surface area contributed by atoms with Gasteiger partial charge in [-0.2, -0.15) is 8.42 Å². The third-order valence-corrected chi connectivity index (χ3v) is 7.55.